The lowest BCUT2D eigenvalue weighted by Gasteiger charge is -2.10. The van der Waals surface area contributed by atoms with Gasteiger partial charge in [-0.05, 0) is 48.0 Å². The Balaban J connectivity index is 1.74. The molecule has 0 aliphatic carbocycles. The molecule has 0 unspecified atom stereocenters. The number of hydrogen-bond acceptors (Lipinski definition) is 7. The van der Waals surface area contributed by atoms with Crippen LogP contribution in [0, 0.1) is 18.3 Å². The van der Waals surface area contributed by atoms with E-state index >= 15 is 0 Å². The van der Waals surface area contributed by atoms with Gasteiger partial charge in [-0.25, -0.2) is 0 Å². The average Bonchev–Trinajstić information content (AvgIpc) is 3.13. The first-order chi connectivity index (χ1) is 11.8. The topological polar surface area (TPSA) is 112 Å². The van der Waals surface area contributed by atoms with Crippen LogP contribution >= 0.6 is 0 Å². The predicted octanol–water partition coefficient (Wildman–Crippen LogP) is 2.67. The highest BCUT2D eigenvalue weighted by Crippen LogP contribution is 2.27. The predicted molar refractivity (Wildman–Crippen MR) is 86.9 cm³/mol. The summed E-state index contributed by atoms with van der Waals surface area (Å²) in [5.74, 6) is 1.64. The standard InChI is InChI=1S/C16H13N7O/c1-11-7-13(19-9-12(8-17)16-20-22-23-21-16)4-5-15(11)24-14-3-2-6-18-10-14/h2-7,9-10,19H,1H3,(H,20,21,22,23). The second-order valence-corrected chi connectivity index (χ2v) is 4.82. The fourth-order valence-corrected chi connectivity index (χ4v) is 1.97. The van der Waals surface area contributed by atoms with Crippen molar-refractivity contribution in [3.63, 3.8) is 0 Å². The highest BCUT2D eigenvalue weighted by Gasteiger charge is 2.06. The number of anilines is 1. The first-order valence-corrected chi connectivity index (χ1v) is 7.05. The van der Waals surface area contributed by atoms with Crippen molar-refractivity contribution in [2.75, 3.05) is 5.32 Å². The first kappa shape index (κ1) is 15.2. The smallest absolute Gasteiger partial charge is 0.216 e. The van der Waals surface area contributed by atoms with Gasteiger partial charge in [0, 0.05) is 18.1 Å². The summed E-state index contributed by atoms with van der Waals surface area (Å²) in [5, 5.41) is 25.5. The van der Waals surface area contributed by atoms with E-state index in [1.807, 2.05) is 43.3 Å². The van der Waals surface area contributed by atoms with Crippen molar-refractivity contribution >= 4 is 11.3 Å². The number of allylic oxidation sites excluding steroid dienone is 1. The van der Waals surface area contributed by atoms with Gasteiger partial charge in [-0.1, -0.05) is 0 Å². The molecule has 0 aliphatic rings. The number of aromatic nitrogens is 5. The molecule has 1 aromatic carbocycles. The molecule has 0 radical (unpaired) electrons. The monoisotopic (exact) mass is 319 g/mol. The molecular formula is C16H13N7O. The molecule has 24 heavy (non-hydrogen) atoms. The van der Waals surface area contributed by atoms with Gasteiger partial charge in [0.05, 0.1) is 6.20 Å². The fourth-order valence-electron chi connectivity index (χ4n) is 1.97. The molecule has 3 aromatic rings. The fraction of sp³-hybridized carbons (Fsp3) is 0.0625. The highest BCUT2D eigenvalue weighted by atomic mass is 16.5. The molecule has 0 fully saturated rings. The van der Waals surface area contributed by atoms with E-state index < -0.39 is 0 Å². The number of aryl methyl sites for hydroxylation is 1. The van der Waals surface area contributed by atoms with Crippen LogP contribution in [0.4, 0.5) is 5.69 Å². The van der Waals surface area contributed by atoms with Crippen molar-refractivity contribution in [3.05, 3.63) is 60.3 Å². The number of nitriles is 1. The number of tetrazole rings is 1. The Labute approximate surface area is 137 Å². The van der Waals surface area contributed by atoms with Crippen LogP contribution in [0.15, 0.2) is 48.9 Å². The van der Waals surface area contributed by atoms with Gasteiger partial charge in [0.1, 0.15) is 23.1 Å². The lowest BCUT2D eigenvalue weighted by atomic mass is 10.2. The largest absolute Gasteiger partial charge is 0.455 e. The molecule has 118 valence electrons. The molecule has 2 N–H and O–H groups in total. The van der Waals surface area contributed by atoms with E-state index in [2.05, 4.69) is 30.9 Å². The zero-order chi connectivity index (χ0) is 16.8. The molecular weight excluding hydrogens is 306 g/mol. The lowest BCUT2D eigenvalue weighted by molar-refractivity contribution is 0.476. The van der Waals surface area contributed by atoms with Crippen molar-refractivity contribution < 1.29 is 4.74 Å². The van der Waals surface area contributed by atoms with Gasteiger partial charge in [-0.15, -0.1) is 10.2 Å². The molecule has 0 aliphatic heterocycles. The average molecular weight is 319 g/mol. The second kappa shape index (κ2) is 7.02. The van der Waals surface area contributed by atoms with Crippen molar-refractivity contribution in [3.8, 4) is 17.6 Å². The maximum Gasteiger partial charge on any atom is 0.216 e. The molecule has 0 amide bonds. The van der Waals surface area contributed by atoms with E-state index in [-0.39, 0.29) is 11.4 Å². The minimum absolute atomic E-state index is 0.234. The number of nitrogens with zero attached hydrogens (tertiary/aromatic N) is 5. The third kappa shape index (κ3) is 3.53. The van der Waals surface area contributed by atoms with Crippen LogP contribution in [-0.4, -0.2) is 25.6 Å². The summed E-state index contributed by atoms with van der Waals surface area (Å²) in [5.41, 5.74) is 2.02. The maximum absolute atomic E-state index is 9.13. The Hall–Kier alpha value is -3.73. The number of hydrogen-bond donors (Lipinski definition) is 2. The van der Waals surface area contributed by atoms with Crippen LogP contribution in [0.3, 0.4) is 0 Å². The van der Waals surface area contributed by atoms with Gasteiger partial charge in [0.2, 0.25) is 5.82 Å². The molecule has 0 atom stereocenters. The van der Waals surface area contributed by atoms with E-state index in [1.165, 1.54) is 6.20 Å². The molecule has 2 heterocycles. The number of rotatable bonds is 5. The summed E-state index contributed by atoms with van der Waals surface area (Å²) in [6.45, 7) is 1.94. The zero-order valence-electron chi connectivity index (χ0n) is 12.8. The Bertz CT molecular complexity index is 883. The van der Waals surface area contributed by atoms with Crippen LogP contribution in [0.1, 0.15) is 11.4 Å². The highest BCUT2D eigenvalue weighted by molar-refractivity contribution is 5.74. The summed E-state index contributed by atoms with van der Waals surface area (Å²) < 4.78 is 5.78. The van der Waals surface area contributed by atoms with Gasteiger partial charge in [0.25, 0.3) is 0 Å². The van der Waals surface area contributed by atoms with E-state index in [0.717, 1.165) is 17.0 Å². The second-order valence-electron chi connectivity index (χ2n) is 4.82. The zero-order valence-corrected chi connectivity index (χ0v) is 12.8. The molecule has 3 rings (SSSR count). The summed E-state index contributed by atoms with van der Waals surface area (Å²) >= 11 is 0. The van der Waals surface area contributed by atoms with E-state index in [0.29, 0.717) is 5.75 Å². The Morgan fingerprint density at radius 1 is 1.38 bits per heavy atom. The Morgan fingerprint density at radius 2 is 2.29 bits per heavy atom. The Kier molecular flexibility index (Phi) is 4.44. The summed E-state index contributed by atoms with van der Waals surface area (Å²) in [6.07, 6.45) is 4.87. The SMILES string of the molecule is Cc1cc(NC=C(C#N)c2nn[nH]n2)ccc1Oc1cccnc1. The van der Waals surface area contributed by atoms with Gasteiger partial charge >= 0.3 is 0 Å². The quantitative estimate of drug-likeness (QED) is 0.695. The number of pyridine rings is 1. The van der Waals surface area contributed by atoms with E-state index in [4.69, 9.17) is 10.00 Å². The lowest BCUT2D eigenvalue weighted by Crippen LogP contribution is -1.94. The van der Waals surface area contributed by atoms with Gasteiger partial charge < -0.3 is 10.1 Å². The van der Waals surface area contributed by atoms with Gasteiger partial charge in [-0.2, -0.15) is 10.5 Å². The molecule has 8 nitrogen and oxygen atoms in total. The molecule has 0 saturated carbocycles. The third-order valence-electron chi connectivity index (χ3n) is 3.13. The number of nitrogens with one attached hydrogen (secondary N) is 2. The normalized spacial score (nSPS) is 10.9. The van der Waals surface area contributed by atoms with Gasteiger partial charge in [-0.3, -0.25) is 4.98 Å². The summed E-state index contributed by atoms with van der Waals surface area (Å²) in [7, 11) is 0. The van der Waals surface area contributed by atoms with E-state index in [9.17, 15) is 0 Å². The number of ether oxygens (including phenoxy) is 1. The van der Waals surface area contributed by atoms with Crippen LogP contribution in [0.2, 0.25) is 0 Å². The molecule has 2 aromatic heterocycles. The van der Waals surface area contributed by atoms with Crippen molar-refractivity contribution in [1.29, 1.82) is 5.26 Å². The van der Waals surface area contributed by atoms with Gasteiger partial charge in [0.15, 0.2) is 0 Å². The number of H-pyrrole nitrogens is 1. The summed E-state index contributed by atoms with van der Waals surface area (Å²) in [4.78, 5) is 4.02. The molecule has 8 heteroatoms. The molecule has 0 saturated heterocycles. The number of aromatic amines is 1. The van der Waals surface area contributed by atoms with Crippen molar-refractivity contribution in [2.24, 2.45) is 0 Å². The number of benzene rings is 1. The van der Waals surface area contributed by atoms with E-state index in [1.54, 1.807) is 12.4 Å². The van der Waals surface area contributed by atoms with Crippen molar-refractivity contribution in [1.82, 2.24) is 25.6 Å². The Morgan fingerprint density at radius 3 is 2.96 bits per heavy atom. The first-order valence-electron chi connectivity index (χ1n) is 7.05. The van der Waals surface area contributed by atoms with Crippen LogP contribution in [-0.2, 0) is 0 Å². The van der Waals surface area contributed by atoms with Crippen LogP contribution in [0.5, 0.6) is 11.5 Å². The molecule has 0 bridgehead atoms. The minimum atomic E-state index is 0.234. The van der Waals surface area contributed by atoms with Crippen LogP contribution in [0.25, 0.3) is 5.57 Å². The minimum Gasteiger partial charge on any atom is -0.455 e. The summed E-state index contributed by atoms with van der Waals surface area (Å²) in [6, 6.07) is 11.3. The third-order valence-corrected chi connectivity index (χ3v) is 3.13. The molecule has 0 spiro atoms. The van der Waals surface area contributed by atoms with Crippen molar-refractivity contribution in [2.45, 2.75) is 6.92 Å². The van der Waals surface area contributed by atoms with Crippen LogP contribution < -0.4 is 10.1 Å². The maximum atomic E-state index is 9.13.